The number of hydrogen-bond acceptors (Lipinski definition) is 10. The van der Waals surface area contributed by atoms with Crippen LogP contribution < -0.4 is 10.2 Å². The molecule has 1 fully saturated rings. The summed E-state index contributed by atoms with van der Waals surface area (Å²) in [7, 11) is 0. The Bertz CT molecular complexity index is 1110. The van der Waals surface area contributed by atoms with Gasteiger partial charge in [-0.15, -0.1) is 12.4 Å². The molecule has 0 unspecified atom stereocenters. The number of aliphatic hydroxyl groups is 3. The summed E-state index contributed by atoms with van der Waals surface area (Å²) in [5, 5.41) is 59.1. The van der Waals surface area contributed by atoms with Crippen LogP contribution in [0.1, 0.15) is 0 Å². The van der Waals surface area contributed by atoms with Gasteiger partial charge in [0, 0.05) is 17.7 Å². The average Bonchev–Trinajstić information content (AvgIpc) is 2.70. The van der Waals surface area contributed by atoms with Crippen LogP contribution in [-0.4, -0.2) is 61.8 Å². The average molecular weight is 455 g/mol. The molecule has 0 aromatic heterocycles. The molecular weight excluding hydrogens is 436 g/mol. The Morgan fingerprint density at radius 3 is 2.35 bits per heavy atom. The quantitative estimate of drug-likeness (QED) is 0.310. The highest BCUT2D eigenvalue weighted by Gasteiger charge is 2.39. The highest BCUT2D eigenvalue weighted by molar-refractivity contribution is 5.85. The fourth-order valence-corrected chi connectivity index (χ4v) is 3.14. The van der Waals surface area contributed by atoms with Crippen LogP contribution in [0.15, 0.2) is 45.6 Å². The molecule has 31 heavy (non-hydrogen) atoms. The summed E-state index contributed by atoms with van der Waals surface area (Å²) in [4.78, 5) is 11.7. The Labute approximate surface area is 180 Å². The van der Waals surface area contributed by atoms with E-state index in [4.69, 9.17) is 13.9 Å². The molecule has 11 heteroatoms. The van der Waals surface area contributed by atoms with Gasteiger partial charge < -0.3 is 44.5 Å². The summed E-state index contributed by atoms with van der Waals surface area (Å²) >= 11 is 0. The summed E-state index contributed by atoms with van der Waals surface area (Å²) in [6.45, 7) is -0.298. The first kappa shape index (κ1) is 22.7. The van der Waals surface area contributed by atoms with Crippen molar-refractivity contribution in [1.29, 1.82) is 0 Å². The predicted molar refractivity (Wildman–Crippen MR) is 108 cm³/mol. The molecule has 1 aliphatic carbocycles. The van der Waals surface area contributed by atoms with Gasteiger partial charge in [-0.1, -0.05) is 0 Å². The molecule has 1 aromatic rings. The van der Waals surface area contributed by atoms with Crippen molar-refractivity contribution in [2.24, 2.45) is 0 Å². The first-order valence-electron chi connectivity index (χ1n) is 8.90. The van der Waals surface area contributed by atoms with Gasteiger partial charge in [0.1, 0.15) is 29.8 Å². The Hall–Kier alpha value is -3.02. The standard InChI is InChI=1S/C20H18O10.ClH/c21-9-4-12(23)10-6-16(30-20-18(27)17(26)14(25)7-28-20)19(29-15(10)5-9)8-1-2-11(22)13(24)3-8;/h1-6,14,17-18,20,22-27H,7H2;1H/t14-,17-,18+,20-;/m0./s1. The number of rotatable bonds is 3. The minimum absolute atomic E-state index is 0. The van der Waals surface area contributed by atoms with Gasteiger partial charge in [0.2, 0.25) is 6.29 Å². The van der Waals surface area contributed by atoms with E-state index in [9.17, 15) is 35.4 Å². The molecule has 10 nitrogen and oxygen atoms in total. The Balaban J connectivity index is 0.00000272. The topological polar surface area (TPSA) is 170 Å². The number of aromatic hydroxyl groups is 3. The van der Waals surface area contributed by atoms with Gasteiger partial charge >= 0.3 is 0 Å². The van der Waals surface area contributed by atoms with Crippen LogP contribution in [0.5, 0.6) is 23.0 Å². The van der Waals surface area contributed by atoms with Crippen molar-refractivity contribution in [2.45, 2.75) is 24.6 Å². The minimum atomic E-state index is -1.59. The SMILES string of the molecule is Cl.O=c1cc2oc(-c3ccc(O)c(O)c3)c(O[C@@H]3OC[C@H](O)[C@H](O)[C@H]3O)cc-2c(O)c1. The molecule has 0 saturated carbocycles. The van der Waals surface area contributed by atoms with Crippen molar-refractivity contribution in [3.63, 3.8) is 0 Å². The molecule has 6 N–H and O–H groups in total. The third-order valence-corrected chi connectivity index (χ3v) is 4.74. The number of aliphatic hydroxyl groups excluding tert-OH is 3. The molecule has 1 aromatic carbocycles. The van der Waals surface area contributed by atoms with Crippen molar-refractivity contribution in [3.05, 3.63) is 46.6 Å². The van der Waals surface area contributed by atoms with Crippen molar-refractivity contribution in [3.8, 4) is 45.6 Å². The van der Waals surface area contributed by atoms with Crippen LogP contribution in [-0.2, 0) is 4.74 Å². The van der Waals surface area contributed by atoms with E-state index in [1.807, 2.05) is 0 Å². The third-order valence-electron chi connectivity index (χ3n) is 4.74. The maximum Gasteiger partial charge on any atom is 0.229 e. The molecule has 3 aliphatic rings. The smallest absolute Gasteiger partial charge is 0.229 e. The zero-order valence-corrected chi connectivity index (χ0v) is 16.5. The lowest BCUT2D eigenvalue weighted by Gasteiger charge is -2.35. The number of hydrogen-bond donors (Lipinski definition) is 6. The minimum Gasteiger partial charge on any atom is -0.507 e. The molecule has 0 amide bonds. The van der Waals surface area contributed by atoms with Crippen LogP contribution in [0.4, 0.5) is 0 Å². The van der Waals surface area contributed by atoms with Gasteiger partial charge in [0.15, 0.2) is 28.4 Å². The Morgan fingerprint density at radius 1 is 0.903 bits per heavy atom. The van der Waals surface area contributed by atoms with E-state index in [0.29, 0.717) is 0 Å². The van der Waals surface area contributed by atoms with Crippen molar-refractivity contribution in [2.75, 3.05) is 6.61 Å². The highest BCUT2D eigenvalue weighted by Crippen LogP contribution is 2.42. The Kier molecular flexibility index (Phi) is 6.30. The van der Waals surface area contributed by atoms with Gasteiger partial charge in [-0.2, -0.15) is 0 Å². The normalized spacial score (nSPS) is 23.3. The zero-order valence-electron chi connectivity index (χ0n) is 15.7. The lowest BCUT2D eigenvalue weighted by atomic mass is 10.0. The van der Waals surface area contributed by atoms with E-state index >= 15 is 0 Å². The first-order valence-corrected chi connectivity index (χ1v) is 8.90. The molecule has 4 rings (SSSR count). The fourth-order valence-electron chi connectivity index (χ4n) is 3.14. The van der Waals surface area contributed by atoms with Crippen LogP contribution in [0.2, 0.25) is 0 Å². The molecule has 2 heterocycles. The second-order valence-corrected chi connectivity index (χ2v) is 6.87. The van der Waals surface area contributed by atoms with E-state index in [1.54, 1.807) is 0 Å². The van der Waals surface area contributed by atoms with E-state index in [2.05, 4.69) is 0 Å². The number of halogens is 1. The number of phenols is 3. The molecule has 166 valence electrons. The monoisotopic (exact) mass is 454 g/mol. The molecule has 0 bridgehead atoms. The number of benzene rings is 2. The molecule has 4 atom stereocenters. The van der Waals surface area contributed by atoms with Crippen LogP contribution in [0.3, 0.4) is 0 Å². The maximum atomic E-state index is 11.7. The fraction of sp³-hybridized carbons (Fsp3) is 0.250. The summed E-state index contributed by atoms with van der Waals surface area (Å²) in [5.74, 6) is -1.23. The van der Waals surface area contributed by atoms with Gasteiger partial charge in [0.25, 0.3) is 0 Å². The van der Waals surface area contributed by atoms with Crippen molar-refractivity contribution < 1.29 is 44.5 Å². The number of fused-ring (bicyclic) bond motifs is 1. The largest absolute Gasteiger partial charge is 0.507 e. The van der Waals surface area contributed by atoms with Gasteiger partial charge in [-0.25, -0.2) is 0 Å². The second-order valence-electron chi connectivity index (χ2n) is 6.87. The number of ether oxygens (including phenoxy) is 2. The van der Waals surface area contributed by atoms with E-state index < -0.39 is 35.8 Å². The summed E-state index contributed by atoms with van der Waals surface area (Å²) in [6, 6.07) is 7.27. The van der Waals surface area contributed by atoms with Crippen molar-refractivity contribution >= 4 is 12.4 Å². The van der Waals surface area contributed by atoms with E-state index in [1.165, 1.54) is 24.3 Å². The summed E-state index contributed by atoms with van der Waals surface area (Å²) in [6.07, 6.45) is -5.79. The van der Waals surface area contributed by atoms with Gasteiger partial charge in [-0.3, -0.25) is 4.79 Å². The molecule has 2 aliphatic heterocycles. The number of phenolic OH excluding ortho intramolecular Hbond substituents is 3. The molecular formula is C20H19ClO10. The molecule has 1 saturated heterocycles. The second kappa shape index (κ2) is 8.61. The predicted octanol–water partition coefficient (Wildman–Crippen LogP) is 0.768. The van der Waals surface area contributed by atoms with Gasteiger partial charge in [-0.05, 0) is 24.3 Å². The van der Waals surface area contributed by atoms with Crippen LogP contribution in [0.25, 0.3) is 22.6 Å². The maximum absolute atomic E-state index is 11.7. The van der Waals surface area contributed by atoms with E-state index in [0.717, 1.165) is 12.1 Å². The van der Waals surface area contributed by atoms with Crippen molar-refractivity contribution in [1.82, 2.24) is 0 Å². The highest BCUT2D eigenvalue weighted by atomic mass is 35.5. The lowest BCUT2D eigenvalue weighted by molar-refractivity contribution is -0.242. The third kappa shape index (κ3) is 4.24. The van der Waals surface area contributed by atoms with Crippen LogP contribution in [0, 0.1) is 0 Å². The lowest BCUT2D eigenvalue weighted by Crippen LogP contribution is -2.54. The summed E-state index contributed by atoms with van der Waals surface area (Å²) in [5.41, 5.74) is -0.133. The summed E-state index contributed by atoms with van der Waals surface area (Å²) < 4.78 is 16.6. The van der Waals surface area contributed by atoms with Crippen LogP contribution >= 0.6 is 12.4 Å². The zero-order chi connectivity index (χ0) is 21.6. The Morgan fingerprint density at radius 2 is 1.65 bits per heavy atom. The van der Waals surface area contributed by atoms with Gasteiger partial charge in [0.05, 0.1) is 12.2 Å². The van der Waals surface area contributed by atoms with E-state index in [-0.39, 0.29) is 58.9 Å². The molecule has 0 spiro atoms. The molecule has 0 radical (unpaired) electrons. The first-order chi connectivity index (χ1) is 14.2.